The van der Waals surface area contributed by atoms with E-state index in [1.807, 2.05) is 48.8 Å². The third kappa shape index (κ3) is 4.26. The fourth-order valence-corrected chi connectivity index (χ4v) is 5.11. The van der Waals surface area contributed by atoms with Gasteiger partial charge in [-0.05, 0) is 67.9 Å². The second-order valence-electron chi connectivity index (χ2n) is 9.52. The van der Waals surface area contributed by atoms with Crippen LogP contribution in [0.3, 0.4) is 0 Å². The van der Waals surface area contributed by atoms with Crippen molar-refractivity contribution in [1.82, 2.24) is 40.0 Å². The van der Waals surface area contributed by atoms with E-state index in [0.29, 0.717) is 6.61 Å². The minimum atomic E-state index is 0.652. The van der Waals surface area contributed by atoms with Crippen LogP contribution in [0.15, 0.2) is 73.4 Å². The Morgan fingerprint density at radius 1 is 0.921 bits per heavy atom. The summed E-state index contributed by atoms with van der Waals surface area (Å²) in [6.45, 7) is 3.92. The predicted molar refractivity (Wildman–Crippen MR) is 147 cm³/mol. The molecule has 1 saturated heterocycles. The van der Waals surface area contributed by atoms with Gasteiger partial charge in [0.2, 0.25) is 0 Å². The number of nitrogens with zero attached hydrogens (tertiary/aromatic N) is 6. The minimum Gasteiger partial charge on any atom is -0.491 e. The van der Waals surface area contributed by atoms with Gasteiger partial charge in [0.25, 0.3) is 0 Å². The van der Waals surface area contributed by atoms with Gasteiger partial charge < -0.3 is 9.72 Å². The standard InChI is InChI=1S/C29H26N8O/c1-2-11-37(10-1)12-13-38-21-14-20(17-31-18-21)24-5-6-25-27(33-24)28(36-35-25)26-15-23-22(7-9-32-29(23)34-26)19-4-3-8-30-16-19/h3-9,14-18H,1-2,10-13H2,(H,32,34)(H,35,36). The van der Waals surface area contributed by atoms with Crippen LogP contribution in [-0.2, 0) is 0 Å². The molecule has 1 aliphatic heterocycles. The van der Waals surface area contributed by atoms with E-state index in [-0.39, 0.29) is 0 Å². The van der Waals surface area contributed by atoms with Crippen molar-refractivity contribution in [3.05, 3.63) is 73.4 Å². The van der Waals surface area contributed by atoms with Gasteiger partial charge in [-0.15, -0.1) is 0 Å². The van der Waals surface area contributed by atoms with Crippen molar-refractivity contribution in [2.45, 2.75) is 12.8 Å². The number of ether oxygens (including phenoxy) is 1. The second kappa shape index (κ2) is 9.68. The van der Waals surface area contributed by atoms with Crippen molar-refractivity contribution < 1.29 is 4.74 Å². The molecule has 6 aromatic rings. The molecule has 6 aromatic heterocycles. The van der Waals surface area contributed by atoms with Gasteiger partial charge in [-0.2, -0.15) is 5.10 Å². The van der Waals surface area contributed by atoms with E-state index in [2.05, 4.69) is 41.1 Å². The number of hydrogen-bond acceptors (Lipinski definition) is 7. The summed E-state index contributed by atoms with van der Waals surface area (Å²) in [5.74, 6) is 0.751. The van der Waals surface area contributed by atoms with Crippen molar-refractivity contribution in [3.8, 4) is 39.5 Å². The lowest BCUT2D eigenvalue weighted by atomic mass is 10.1. The molecule has 38 heavy (non-hydrogen) atoms. The van der Waals surface area contributed by atoms with Crippen LogP contribution in [0.4, 0.5) is 0 Å². The molecule has 0 aliphatic carbocycles. The number of nitrogens with one attached hydrogen (secondary N) is 2. The van der Waals surface area contributed by atoms with Crippen LogP contribution in [0.2, 0.25) is 0 Å². The molecule has 7 heterocycles. The molecule has 188 valence electrons. The summed E-state index contributed by atoms with van der Waals surface area (Å²) >= 11 is 0. The minimum absolute atomic E-state index is 0.652. The Bertz CT molecular complexity index is 1720. The lowest BCUT2D eigenvalue weighted by Gasteiger charge is -2.15. The molecule has 1 fully saturated rings. The van der Waals surface area contributed by atoms with Crippen molar-refractivity contribution in [3.63, 3.8) is 0 Å². The Hall–Kier alpha value is -4.63. The van der Waals surface area contributed by atoms with E-state index in [4.69, 9.17) is 9.72 Å². The molecule has 2 N–H and O–H groups in total. The maximum atomic E-state index is 6.01. The van der Waals surface area contributed by atoms with E-state index in [0.717, 1.165) is 81.2 Å². The molecule has 9 heteroatoms. The number of aromatic nitrogens is 7. The highest BCUT2D eigenvalue weighted by Crippen LogP contribution is 2.33. The highest BCUT2D eigenvalue weighted by atomic mass is 16.5. The van der Waals surface area contributed by atoms with E-state index >= 15 is 0 Å². The summed E-state index contributed by atoms with van der Waals surface area (Å²) in [6, 6.07) is 14.0. The van der Waals surface area contributed by atoms with Crippen molar-refractivity contribution in [1.29, 1.82) is 0 Å². The fraction of sp³-hybridized carbons (Fsp3) is 0.207. The van der Waals surface area contributed by atoms with Crippen LogP contribution in [-0.4, -0.2) is 66.3 Å². The largest absolute Gasteiger partial charge is 0.491 e. The number of aromatic amines is 2. The summed E-state index contributed by atoms with van der Waals surface area (Å²) in [5.41, 5.74) is 7.81. The highest BCUT2D eigenvalue weighted by molar-refractivity contribution is 5.98. The summed E-state index contributed by atoms with van der Waals surface area (Å²) in [7, 11) is 0. The Balaban J connectivity index is 1.20. The molecule has 0 bridgehead atoms. The molecule has 7 rings (SSSR count). The molecule has 0 radical (unpaired) electrons. The SMILES string of the molecule is c1cncc(-c2ccnc3[nH]c(-c4n[nH]c5ccc(-c6cncc(OCCN7CCCC7)c6)nc45)cc23)c1. The van der Waals surface area contributed by atoms with Gasteiger partial charge in [-0.1, -0.05) is 6.07 Å². The van der Waals surface area contributed by atoms with Crippen LogP contribution in [0, 0.1) is 0 Å². The molecule has 1 aliphatic rings. The molecule has 0 amide bonds. The van der Waals surface area contributed by atoms with Crippen molar-refractivity contribution >= 4 is 22.1 Å². The Morgan fingerprint density at radius 2 is 1.84 bits per heavy atom. The molecular weight excluding hydrogens is 476 g/mol. The van der Waals surface area contributed by atoms with E-state index in [1.165, 1.54) is 12.8 Å². The predicted octanol–water partition coefficient (Wildman–Crippen LogP) is 5.10. The molecule has 0 saturated carbocycles. The lowest BCUT2D eigenvalue weighted by molar-refractivity contribution is 0.237. The third-order valence-electron chi connectivity index (χ3n) is 7.05. The monoisotopic (exact) mass is 502 g/mol. The normalized spacial score (nSPS) is 14.0. The maximum absolute atomic E-state index is 6.01. The molecular formula is C29H26N8O. The third-order valence-corrected chi connectivity index (χ3v) is 7.05. The van der Waals surface area contributed by atoms with Crippen LogP contribution < -0.4 is 4.74 Å². The quantitative estimate of drug-likeness (QED) is 0.313. The maximum Gasteiger partial charge on any atom is 0.138 e. The smallest absolute Gasteiger partial charge is 0.138 e. The zero-order valence-electron chi connectivity index (χ0n) is 20.8. The number of rotatable bonds is 7. The van der Waals surface area contributed by atoms with Gasteiger partial charge in [0.15, 0.2) is 0 Å². The molecule has 0 unspecified atom stereocenters. The van der Waals surface area contributed by atoms with Crippen LogP contribution in [0.25, 0.3) is 55.8 Å². The van der Waals surface area contributed by atoms with Crippen LogP contribution >= 0.6 is 0 Å². The highest BCUT2D eigenvalue weighted by Gasteiger charge is 2.16. The Morgan fingerprint density at radius 3 is 2.74 bits per heavy atom. The molecule has 9 nitrogen and oxygen atoms in total. The first-order chi connectivity index (χ1) is 18.8. The van der Waals surface area contributed by atoms with Gasteiger partial charge in [0, 0.05) is 47.8 Å². The van der Waals surface area contributed by atoms with Gasteiger partial charge in [0.05, 0.1) is 23.1 Å². The first-order valence-electron chi connectivity index (χ1n) is 12.9. The first-order valence-corrected chi connectivity index (χ1v) is 12.9. The number of pyridine rings is 4. The number of H-pyrrole nitrogens is 2. The zero-order valence-corrected chi connectivity index (χ0v) is 20.8. The van der Waals surface area contributed by atoms with Gasteiger partial charge in [-0.25, -0.2) is 9.97 Å². The number of likely N-dealkylation sites (tertiary alicyclic amines) is 1. The zero-order chi connectivity index (χ0) is 25.3. The van der Waals surface area contributed by atoms with Gasteiger partial charge >= 0.3 is 0 Å². The van der Waals surface area contributed by atoms with E-state index in [1.54, 1.807) is 18.6 Å². The molecule has 0 aromatic carbocycles. The number of fused-ring (bicyclic) bond motifs is 2. The summed E-state index contributed by atoms with van der Waals surface area (Å²) in [5, 5.41) is 8.71. The van der Waals surface area contributed by atoms with Gasteiger partial charge in [0.1, 0.15) is 29.2 Å². The Kier molecular flexibility index (Phi) is 5.75. The summed E-state index contributed by atoms with van der Waals surface area (Å²) < 4.78 is 6.01. The van der Waals surface area contributed by atoms with Crippen LogP contribution in [0.1, 0.15) is 12.8 Å². The Labute approximate surface area is 219 Å². The summed E-state index contributed by atoms with van der Waals surface area (Å²) in [6.07, 6.45) is 11.6. The second-order valence-corrected chi connectivity index (χ2v) is 9.52. The average molecular weight is 503 g/mol. The topological polar surface area (TPSA) is 108 Å². The van der Waals surface area contributed by atoms with Crippen LogP contribution in [0.5, 0.6) is 5.75 Å². The number of hydrogen-bond donors (Lipinski definition) is 2. The summed E-state index contributed by atoms with van der Waals surface area (Å²) in [4.78, 5) is 24.0. The van der Waals surface area contributed by atoms with E-state index in [9.17, 15) is 0 Å². The molecule has 0 atom stereocenters. The fourth-order valence-electron chi connectivity index (χ4n) is 5.11. The average Bonchev–Trinajstić information content (AvgIpc) is 3.73. The molecule has 0 spiro atoms. The van der Waals surface area contributed by atoms with Gasteiger partial charge in [-0.3, -0.25) is 20.0 Å². The first kappa shape index (κ1) is 22.6. The van der Waals surface area contributed by atoms with Crippen molar-refractivity contribution in [2.24, 2.45) is 0 Å². The lowest BCUT2D eigenvalue weighted by Crippen LogP contribution is -2.25. The van der Waals surface area contributed by atoms with E-state index < -0.39 is 0 Å². The van der Waals surface area contributed by atoms with Crippen molar-refractivity contribution in [2.75, 3.05) is 26.2 Å².